The third-order valence-corrected chi connectivity index (χ3v) is 38.4. The van der Waals surface area contributed by atoms with Crippen LogP contribution in [0.3, 0.4) is 0 Å². The Hall–Kier alpha value is 0.652. The summed E-state index contributed by atoms with van der Waals surface area (Å²) in [7, 11) is 39.5. The van der Waals surface area contributed by atoms with Gasteiger partial charge < -0.3 is 59.4 Å². The van der Waals surface area contributed by atoms with Crippen molar-refractivity contribution in [3.05, 3.63) is 300 Å². The number of hydrogen-bond donors (Lipinski definition) is 0. The molecule has 148 heavy (non-hydrogen) atoms. The van der Waals surface area contributed by atoms with Crippen LogP contribution in [-0.4, -0.2) is 0 Å². The van der Waals surface area contributed by atoms with Gasteiger partial charge >= 0.3 is 151 Å². The molecule has 16 aliphatic carbocycles. The van der Waals surface area contributed by atoms with E-state index in [2.05, 4.69) is 390 Å². The van der Waals surface area contributed by atoms with Gasteiger partial charge in [-0.2, -0.15) is 0 Å². The molecule has 8 fully saturated rings. The molecule has 12 heteroatoms. The number of rotatable bonds is 20. The molecule has 0 aromatic rings. The van der Waals surface area contributed by atoms with Crippen molar-refractivity contribution in [2.75, 3.05) is 0 Å². The fraction of sp³-hybridized carbons (Fsp3) is 0.647. The Bertz CT molecular complexity index is 4090. The Balaban J connectivity index is 0.00000109. The predicted molar refractivity (Wildman–Crippen MR) is 659 cm³/mol. The van der Waals surface area contributed by atoms with E-state index in [-0.39, 0.29) is 103 Å². The van der Waals surface area contributed by atoms with E-state index in [0.717, 1.165) is 36.5 Å². The molecule has 0 aliphatic heterocycles. The monoisotopic (exact) mass is 2490 g/mol. The van der Waals surface area contributed by atoms with E-state index in [0.29, 0.717) is 140 Å². The molecule has 0 amide bonds. The first-order valence-corrected chi connectivity index (χ1v) is 80.4. The molecule has 0 heterocycles. The molecule has 0 spiro atoms. The van der Waals surface area contributed by atoms with Crippen LogP contribution >= 0.6 is 68.1 Å². The van der Waals surface area contributed by atoms with E-state index in [9.17, 15) is 0 Å². The molecule has 0 N–H and O–H groups in total. The Labute approximate surface area is 995 Å². The number of hydrogen-bond acceptors (Lipinski definition) is 0. The van der Waals surface area contributed by atoms with Crippen LogP contribution < -0.4 is 0 Å². The molecule has 20 atom stereocenters. The van der Waals surface area contributed by atoms with Gasteiger partial charge in [0, 0.05) is 0 Å². The maximum atomic E-state index is 4.93. The zero-order valence-electron chi connectivity index (χ0n) is 101. The Kier molecular flexibility index (Phi) is 62.4. The van der Waals surface area contributed by atoms with Crippen LogP contribution in [-0.2, 0) is 83.4 Å². The van der Waals surface area contributed by atoms with E-state index in [1.165, 1.54) is 141 Å². The second-order valence-electron chi connectivity index (χ2n) is 54.6. The maximum absolute atomic E-state index is 4.93. The average molecular weight is 2500 g/mol. The first-order chi connectivity index (χ1) is 65.6. The standard InChI is InChI=1S/C62H92.2C32H48.C2H4.8CH3.8ClH.4Zr/c1-57(2,3)43-27-31-47-48-32-28-44(58(4,5)6)38-52(48)55(51(47)37-43)61(13,41-23-17-18-24-41)35-21-15-16-22-36-62(14,42-25-19-20-26-42)56-53-39-45(59(7,8)9)29-33-49(53)50-34-30-46(40-54(50)56)60(10,11)12;2*1-9-10-19-32(8,22-13-11-12-14-22)29-27-20-23(30(2,3)4)15-17-25(27)26-18-16-24(21-28(26)29)31(5,6)7;1-2;;;;;;;;;;;;;;;;;;;;/h15-16,27-34,37-42,47-56H,17-26,35-36H2,1-14H3;2*9,15-18,20-22,25-29H,1,10-14,19H2,2-8H3;1-2H2;8*1H3;8*1H;;;;/q;;;;8*-1;;;;;;;;;4*+4/p-8/b16-15+;;;;;;;;;;;;;;;;;;;;;;;. The quantitative estimate of drug-likeness (QED) is 0.0842. The summed E-state index contributed by atoms with van der Waals surface area (Å²) >= 11 is -3.30. The molecule has 0 radical (unpaired) electrons. The van der Waals surface area contributed by atoms with Crippen molar-refractivity contribution in [3.8, 4) is 0 Å². The first kappa shape index (κ1) is 147. The topological polar surface area (TPSA) is 0 Å². The van der Waals surface area contributed by atoms with Crippen molar-refractivity contribution in [3.63, 3.8) is 0 Å². The zero-order chi connectivity index (χ0) is 104. The summed E-state index contributed by atoms with van der Waals surface area (Å²) in [5.41, 5.74) is 15.4. The SMILES string of the molecule is C=C.C=CCCC(C)(C1CCCC1)C1C2C=C(C(C)(C)C)C=CC2C2C=CC(C(C)(C)C)=CC21.C=CCCC(C)(C1CCCC1)C1C2C=C(C(C)(C)C)C=CC2C2C=CC(C(C)(C)C)=CC21.CC(C)(C)C1=CC2C(C=C1)C1C=CC(C(C)(C)C)=CC1C2C(C)(CC/C=C/CCC(C)(C1CCCC1)C1C2C=C(C(C)(C)C)C=CC2C2C=CC(C(C)(C)C)=CC21)C1CCCC1.[CH3-].[CH3-].[CH3-].[CH3-].[CH3-].[CH3-].[CH3-].[CH3-].[Cl][Zr+2][Cl].[Cl][Zr+2][Cl].[Cl][Zr+2][Cl].[Cl][Zr+2][Cl]. The molecule has 832 valence electrons. The number of allylic oxidation sites excluding steroid dienone is 36. The van der Waals surface area contributed by atoms with Crippen LogP contribution in [0.2, 0.25) is 0 Å². The van der Waals surface area contributed by atoms with Crippen molar-refractivity contribution in [1.82, 2.24) is 0 Å². The fourth-order valence-corrected chi connectivity index (χ4v) is 30.9. The zero-order valence-corrected chi connectivity index (χ0v) is 117. The first-order valence-electron chi connectivity index (χ1n) is 55.1. The summed E-state index contributed by atoms with van der Waals surface area (Å²) in [5, 5.41) is 0. The Morgan fingerprint density at radius 1 is 0.216 bits per heavy atom. The van der Waals surface area contributed by atoms with Gasteiger partial charge in [0.2, 0.25) is 0 Å². The van der Waals surface area contributed by atoms with Crippen LogP contribution in [0.4, 0.5) is 0 Å². The van der Waals surface area contributed by atoms with E-state index in [1.54, 1.807) is 44.6 Å². The average Bonchev–Trinajstić information content (AvgIpc) is 1.58. The third kappa shape index (κ3) is 35.1. The molecule has 16 aliphatic rings. The normalized spacial score (nSPS) is 30.2. The number of halogens is 8. The molecule has 0 aromatic heterocycles. The van der Waals surface area contributed by atoms with Gasteiger partial charge in [-0.1, -0.05) is 415 Å². The van der Waals surface area contributed by atoms with Gasteiger partial charge in [-0.3, -0.25) is 0 Å². The van der Waals surface area contributed by atoms with Crippen molar-refractivity contribution in [2.45, 2.75) is 348 Å². The Morgan fingerprint density at radius 3 is 0.439 bits per heavy atom. The van der Waals surface area contributed by atoms with Crippen LogP contribution in [0.15, 0.2) is 241 Å². The van der Waals surface area contributed by atoms with E-state index < -0.39 is 83.4 Å². The van der Waals surface area contributed by atoms with Gasteiger partial charge in [0.1, 0.15) is 0 Å². The van der Waals surface area contributed by atoms with Crippen molar-refractivity contribution >= 4 is 68.1 Å². The summed E-state index contributed by atoms with van der Waals surface area (Å²) in [6.07, 6.45) is 106. The van der Waals surface area contributed by atoms with E-state index >= 15 is 0 Å². The molecule has 0 saturated heterocycles. The van der Waals surface area contributed by atoms with Gasteiger partial charge in [-0.05, 0) is 354 Å². The fourth-order valence-electron chi connectivity index (χ4n) is 30.9. The van der Waals surface area contributed by atoms with Gasteiger partial charge in [0.15, 0.2) is 0 Å². The molecular weight excluding hydrogens is 2280 g/mol. The van der Waals surface area contributed by atoms with Crippen LogP contribution in [0.1, 0.15) is 348 Å². The van der Waals surface area contributed by atoms with Gasteiger partial charge in [0.25, 0.3) is 0 Å². The molecule has 16 rings (SSSR count). The van der Waals surface area contributed by atoms with Crippen LogP contribution in [0.25, 0.3) is 0 Å². The van der Waals surface area contributed by atoms with Gasteiger partial charge in [-0.25, -0.2) is 0 Å². The van der Waals surface area contributed by atoms with Crippen LogP contribution in [0.5, 0.6) is 0 Å². The molecule has 0 bridgehead atoms. The summed E-state index contributed by atoms with van der Waals surface area (Å²) in [6.45, 7) is 82.9. The van der Waals surface area contributed by atoms with Gasteiger partial charge in [0.05, 0.1) is 0 Å². The molecule has 20 unspecified atom stereocenters. The summed E-state index contributed by atoms with van der Waals surface area (Å²) in [4.78, 5) is 0. The van der Waals surface area contributed by atoms with Crippen molar-refractivity contribution in [1.29, 1.82) is 0 Å². The molecule has 0 nitrogen and oxygen atoms in total. The minimum absolute atomic E-state index is 0. The second kappa shape index (κ2) is 62.9. The summed E-state index contributed by atoms with van der Waals surface area (Å²) in [6, 6.07) is 0. The Morgan fingerprint density at radius 2 is 0.331 bits per heavy atom. The summed E-state index contributed by atoms with van der Waals surface area (Å²) < 4.78 is 0. The molecule has 8 saturated carbocycles. The predicted octanol–water partition coefficient (Wildman–Crippen LogP) is 46.4. The molecular formula is C136H216Cl8Zr4. The van der Waals surface area contributed by atoms with Gasteiger partial charge in [-0.15, -0.1) is 26.3 Å². The molecule has 0 aromatic carbocycles. The van der Waals surface area contributed by atoms with E-state index in [1.807, 2.05) is 0 Å². The van der Waals surface area contributed by atoms with Crippen LogP contribution in [0, 0.1) is 266 Å². The van der Waals surface area contributed by atoms with Crippen molar-refractivity contribution < 1.29 is 83.4 Å². The summed E-state index contributed by atoms with van der Waals surface area (Å²) in [5.74, 6) is 16.3. The van der Waals surface area contributed by atoms with Crippen molar-refractivity contribution in [2.24, 2.45) is 207 Å². The minimum atomic E-state index is -0.826. The second-order valence-corrected chi connectivity index (χ2v) is 69.6. The third-order valence-electron chi connectivity index (χ3n) is 38.4. The van der Waals surface area contributed by atoms with E-state index in [4.69, 9.17) is 68.1 Å². The number of fused-ring (bicyclic) bond motifs is 12.